The van der Waals surface area contributed by atoms with Gasteiger partial charge in [-0.25, -0.2) is 0 Å². The smallest absolute Gasteiger partial charge is 0.0546 e. The third kappa shape index (κ3) is 3.79. The van der Waals surface area contributed by atoms with E-state index in [1.807, 2.05) is 7.05 Å². The Hall–Kier alpha value is -0.420. The normalized spacial score (nSPS) is 24.6. The van der Waals surface area contributed by atoms with Crippen molar-refractivity contribution in [3.8, 4) is 0 Å². The summed E-state index contributed by atoms with van der Waals surface area (Å²) < 4.78 is 5.71. The molecule has 1 N–H and O–H groups in total. The van der Waals surface area contributed by atoms with Gasteiger partial charge in [0.2, 0.25) is 0 Å². The largest absolute Gasteiger partial charge is 0.381 e. The van der Waals surface area contributed by atoms with Gasteiger partial charge in [0, 0.05) is 31.7 Å². The molecular formula is C14H24N2OS. The van der Waals surface area contributed by atoms with Gasteiger partial charge in [-0.05, 0) is 49.3 Å². The van der Waals surface area contributed by atoms with Crippen LogP contribution in [-0.4, -0.2) is 45.3 Å². The molecule has 2 rings (SSSR count). The molecule has 1 unspecified atom stereocenters. The first kappa shape index (κ1) is 14.0. The highest BCUT2D eigenvalue weighted by Gasteiger charge is 2.33. The first-order chi connectivity index (χ1) is 8.74. The maximum Gasteiger partial charge on any atom is 0.0546 e. The first-order valence-corrected chi connectivity index (χ1v) is 7.60. The summed E-state index contributed by atoms with van der Waals surface area (Å²) in [6.07, 6.45) is 2.45. The van der Waals surface area contributed by atoms with E-state index in [9.17, 15) is 0 Å². The van der Waals surface area contributed by atoms with E-state index in [1.165, 1.54) is 18.4 Å². The van der Waals surface area contributed by atoms with Crippen LogP contribution in [0.5, 0.6) is 0 Å². The van der Waals surface area contributed by atoms with Gasteiger partial charge >= 0.3 is 0 Å². The second-order valence-electron chi connectivity index (χ2n) is 5.49. The molecule has 1 aromatic heterocycles. The van der Waals surface area contributed by atoms with Gasteiger partial charge in [0.25, 0.3) is 0 Å². The van der Waals surface area contributed by atoms with Crippen LogP contribution in [0.2, 0.25) is 0 Å². The molecule has 1 aliphatic rings. The van der Waals surface area contributed by atoms with Crippen LogP contribution >= 0.6 is 11.3 Å². The highest BCUT2D eigenvalue weighted by molar-refractivity contribution is 7.07. The highest BCUT2D eigenvalue weighted by atomic mass is 32.1. The second-order valence-corrected chi connectivity index (χ2v) is 6.27. The SMILES string of the molecule is CNCC1(CN(C)Cc2ccsc2)CCCOC1. The zero-order valence-electron chi connectivity index (χ0n) is 11.4. The summed E-state index contributed by atoms with van der Waals surface area (Å²) in [6.45, 7) is 5.00. The Morgan fingerprint density at radius 2 is 2.44 bits per heavy atom. The Kier molecular flexibility index (Phi) is 5.18. The summed E-state index contributed by atoms with van der Waals surface area (Å²) in [7, 11) is 4.25. The molecule has 0 bridgehead atoms. The van der Waals surface area contributed by atoms with E-state index in [1.54, 1.807) is 11.3 Å². The topological polar surface area (TPSA) is 24.5 Å². The molecule has 0 aliphatic carbocycles. The van der Waals surface area contributed by atoms with Crippen LogP contribution in [0, 0.1) is 5.41 Å². The van der Waals surface area contributed by atoms with Crippen molar-refractivity contribution in [1.82, 2.24) is 10.2 Å². The van der Waals surface area contributed by atoms with E-state index in [4.69, 9.17) is 4.74 Å². The van der Waals surface area contributed by atoms with Crippen LogP contribution in [0.3, 0.4) is 0 Å². The minimum Gasteiger partial charge on any atom is -0.381 e. The van der Waals surface area contributed by atoms with Crippen molar-refractivity contribution < 1.29 is 4.74 Å². The van der Waals surface area contributed by atoms with Crippen molar-refractivity contribution in [3.63, 3.8) is 0 Å². The number of rotatable bonds is 6. The highest BCUT2D eigenvalue weighted by Crippen LogP contribution is 2.29. The lowest BCUT2D eigenvalue weighted by molar-refractivity contribution is -0.0228. The fraction of sp³-hybridized carbons (Fsp3) is 0.714. The molecule has 0 radical (unpaired) electrons. The van der Waals surface area contributed by atoms with Gasteiger partial charge in [-0.15, -0.1) is 0 Å². The van der Waals surface area contributed by atoms with E-state index >= 15 is 0 Å². The minimum absolute atomic E-state index is 0.289. The molecule has 1 aliphatic heterocycles. The zero-order chi connectivity index (χ0) is 12.8. The number of hydrogen-bond donors (Lipinski definition) is 1. The van der Waals surface area contributed by atoms with Gasteiger partial charge in [-0.2, -0.15) is 11.3 Å². The molecule has 1 aromatic rings. The van der Waals surface area contributed by atoms with E-state index in [0.29, 0.717) is 0 Å². The number of ether oxygens (including phenoxy) is 1. The predicted octanol–water partition coefficient (Wildman–Crippen LogP) is 2.20. The van der Waals surface area contributed by atoms with E-state index in [-0.39, 0.29) is 5.41 Å². The first-order valence-electron chi connectivity index (χ1n) is 6.66. The Balaban J connectivity index is 1.91. The monoisotopic (exact) mass is 268 g/mol. The van der Waals surface area contributed by atoms with Gasteiger partial charge in [0.05, 0.1) is 6.61 Å². The standard InChI is InChI=1S/C14H24N2OS/c1-15-10-14(5-3-6-17-12-14)11-16(2)8-13-4-7-18-9-13/h4,7,9,15H,3,5-6,8,10-12H2,1-2H3. The quantitative estimate of drug-likeness (QED) is 0.856. The molecule has 3 nitrogen and oxygen atoms in total. The Morgan fingerprint density at radius 3 is 3.06 bits per heavy atom. The summed E-state index contributed by atoms with van der Waals surface area (Å²) >= 11 is 1.77. The van der Waals surface area contributed by atoms with Crippen molar-refractivity contribution in [2.45, 2.75) is 19.4 Å². The fourth-order valence-corrected chi connectivity index (χ4v) is 3.59. The Morgan fingerprint density at radius 1 is 1.56 bits per heavy atom. The molecule has 0 spiro atoms. The molecule has 1 fully saturated rings. The predicted molar refractivity (Wildman–Crippen MR) is 77.1 cm³/mol. The molecule has 0 amide bonds. The van der Waals surface area contributed by atoms with Gasteiger partial charge in [-0.1, -0.05) is 0 Å². The summed E-state index contributed by atoms with van der Waals surface area (Å²) in [5.74, 6) is 0. The van der Waals surface area contributed by atoms with Crippen molar-refractivity contribution in [3.05, 3.63) is 22.4 Å². The summed E-state index contributed by atoms with van der Waals surface area (Å²) in [5, 5.41) is 7.72. The Bertz CT molecular complexity index is 328. The maximum absolute atomic E-state index is 5.71. The maximum atomic E-state index is 5.71. The van der Waals surface area contributed by atoms with Crippen molar-refractivity contribution >= 4 is 11.3 Å². The number of hydrogen-bond acceptors (Lipinski definition) is 4. The van der Waals surface area contributed by atoms with Crippen molar-refractivity contribution in [1.29, 1.82) is 0 Å². The van der Waals surface area contributed by atoms with E-state index < -0.39 is 0 Å². The molecule has 1 saturated heterocycles. The number of nitrogens with zero attached hydrogens (tertiary/aromatic N) is 1. The summed E-state index contributed by atoms with van der Waals surface area (Å²) in [6, 6.07) is 2.21. The molecule has 2 heterocycles. The summed E-state index contributed by atoms with van der Waals surface area (Å²) in [5.41, 5.74) is 1.71. The van der Waals surface area contributed by atoms with Crippen LogP contribution in [0.4, 0.5) is 0 Å². The van der Waals surface area contributed by atoms with Crippen molar-refractivity contribution in [2.24, 2.45) is 5.41 Å². The van der Waals surface area contributed by atoms with Crippen LogP contribution < -0.4 is 5.32 Å². The zero-order valence-corrected chi connectivity index (χ0v) is 12.3. The molecule has 18 heavy (non-hydrogen) atoms. The average Bonchev–Trinajstić information content (AvgIpc) is 2.83. The van der Waals surface area contributed by atoms with Gasteiger partial charge < -0.3 is 15.0 Å². The van der Waals surface area contributed by atoms with Crippen LogP contribution in [0.15, 0.2) is 16.8 Å². The average molecular weight is 268 g/mol. The lowest BCUT2D eigenvalue weighted by Crippen LogP contribution is -2.47. The molecule has 0 saturated carbocycles. The van der Waals surface area contributed by atoms with Crippen LogP contribution in [-0.2, 0) is 11.3 Å². The molecule has 102 valence electrons. The van der Waals surface area contributed by atoms with Gasteiger partial charge in [0.15, 0.2) is 0 Å². The summed E-state index contributed by atoms with van der Waals surface area (Å²) in [4.78, 5) is 2.42. The van der Waals surface area contributed by atoms with Crippen LogP contribution in [0.1, 0.15) is 18.4 Å². The molecule has 1 atom stereocenters. The molecular weight excluding hydrogens is 244 g/mol. The van der Waals surface area contributed by atoms with Gasteiger partial charge in [-0.3, -0.25) is 0 Å². The van der Waals surface area contributed by atoms with E-state index in [2.05, 4.69) is 34.1 Å². The lowest BCUT2D eigenvalue weighted by Gasteiger charge is -2.39. The molecule has 0 aromatic carbocycles. The number of nitrogens with one attached hydrogen (secondary N) is 1. The minimum atomic E-state index is 0.289. The third-order valence-electron chi connectivity index (χ3n) is 3.59. The second kappa shape index (κ2) is 6.66. The molecule has 4 heteroatoms. The van der Waals surface area contributed by atoms with Crippen LogP contribution in [0.25, 0.3) is 0 Å². The van der Waals surface area contributed by atoms with Gasteiger partial charge in [0.1, 0.15) is 0 Å². The number of thiophene rings is 1. The Labute approximate surface area is 114 Å². The third-order valence-corrected chi connectivity index (χ3v) is 4.33. The van der Waals surface area contributed by atoms with Crippen molar-refractivity contribution in [2.75, 3.05) is 40.4 Å². The fourth-order valence-electron chi connectivity index (χ4n) is 2.93. The lowest BCUT2D eigenvalue weighted by atomic mass is 9.82. The van der Waals surface area contributed by atoms with E-state index in [0.717, 1.165) is 32.8 Å².